The van der Waals surface area contributed by atoms with Crippen LogP contribution in [0.2, 0.25) is 0 Å². The summed E-state index contributed by atoms with van der Waals surface area (Å²) in [5.41, 5.74) is 0. The third-order valence-electron chi connectivity index (χ3n) is 13.8. The number of nitrogens with one attached hydrogen (secondary N) is 1. The van der Waals surface area contributed by atoms with E-state index >= 15 is 0 Å². The van der Waals surface area contributed by atoms with Crippen LogP contribution in [0, 0.1) is 0 Å². The van der Waals surface area contributed by atoms with Gasteiger partial charge in [-0.3, -0.25) is 18.6 Å². The number of hydrogen-bond acceptors (Lipinski definition) is 6. The minimum Gasteiger partial charge on any atom is -0.456 e. The zero-order valence-electron chi connectivity index (χ0n) is 53.4. The number of ether oxygens (including phenoxy) is 1. The number of nitrogens with zero attached hydrogens (tertiary/aromatic N) is 1. The van der Waals surface area contributed by atoms with E-state index in [1.165, 1.54) is 96.3 Å². The van der Waals surface area contributed by atoms with E-state index in [0.717, 1.165) is 116 Å². The van der Waals surface area contributed by atoms with Crippen molar-refractivity contribution in [1.29, 1.82) is 0 Å². The number of phosphoric acid groups is 1. The molecule has 0 aliphatic heterocycles. The van der Waals surface area contributed by atoms with E-state index in [1.54, 1.807) is 0 Å². The van der Waals surface area contributed by atoms with Gasteiger partial charge in [0.1, 0.15) is 19.3 Å². The fourth-order valence-electron chi connectivity index (χ4n) is 8.75. The van der Waals surface area contributed by atoms with Gasteiger partial charge in [0, 0.05) is 12.8 Å². The van der Waals surface area contributed by atoms with Crippen LogP contribution in [0.25, 0.3) is 0 Å². The Morgan fingerprint density at radius 2 is 0.780 bits per heavy atom. The molecule has 0 aromatic heterocycles. The van der Waals surface area contributed by atoms with E-state index in [0.29, 0.717) is 23.9 Å². The van der Waals surface area contributed by atoms with E-state index in [1.807, 2.05) is 33.3 Å². The Hall–Kier alpha value is -3.85. The van der Waals surface area contributed by atoms with Crippen molar-refractivity contribution in [2.24, 2.45) is 0 Å². The van der Waals surface area contributed by atoms with E-state index in [9.17, 15) is 19.0 Å². The maximum absolute atomic E-state index is 13.6. The Labute approximate surface area is 505 Å². The largest absolute Gasteiger partial charge is 0.472 e. The molecule has 9 nitrogen and oxygen atoms in total. The summed E-state index contributed by atoms with van der Waals surface area (Å²) in [6.07, 6.45) is 86.0. The molecule has 0 radical (unpaired) electrons. The number of hydrogen-bond donors (Lipinski definition) is 2. The fraction of sp³-hybridized carbons (Fsp3) is 0.667. The lowest BCUT2D eigenvalue weighted by atomic mass is 10.0. The van der Waals surface area contributed by atoms with Crippen LogP contribution in [0.3, 0.4) is 0 Å². The van der Waals surface area contributed by atoms with Crippen molar-refractivity contribution in [2.45, 2.75) is 270 Å². The first-order valence-electron chi connectivity index (χ1n) is 33.0. The van der Waals surface area contributed by atoms with Gasteiger partial charge in [0.15, 0.2) is 0 Å². The van der Waals surface area contributed by atoms with E-state index in [4.69, 9.17) is 13.8 Å². The molecule has 3 unspecified atom stereocenters. The number of quaternary nitrogens is 1. The summed E-state index contributed by atoms with van der Waals surface area (Å²) < 4.78 is 30.7. The number of carbonyl (C=O) groups excluding carboxylic acids is 2. The predicted octanol–water partition coefficient (Wildman–Crippen LogP) is 20.8. The van der Waals surface area contributed by atoms with Gasteiger partial charge >= 0.3 is 13.8 Å². The van der Waals surface area contributed by atoms with Gasteiger partial charge in [-0.15, -0.1) is 0 Å². The van der Waals surface area contributed by atoms with Crippen LogP contribution < -0.4 is 5.32 Å². The maximum Gasteiger partial charge on any atom is 0.472 e. The standard InChI is InChI=1S/C72H123N2O7P/c1-7-10-13-16-19-22-25-28-30-32-34-36-37-39-41-43-45-47-50-53-56-59-62-65-72(76)81-70(63-60-57-54-51-48-27-24-21-18-15-12-9-3)69(68-80-82(77,78)79-67-66-74(4,5)6)73-71(75)64-61-58-55-52-49-46-44-42-40-38-35-33-31-29-26-23-20-17-14-11-8-2/h11,14,19-20,22-23,28-31,34-36,38-39,41-42,44,49,52,60,63,69-70H,7-10,12-13,15-18,21,24-27,32-33,37,40,43,45-48,50-51,53-59,61-62,64-68H2,1-6H3,(H-,73,75,77,78)/p+1/b14-11-,22-19-,23-20-,30-28-,31-29-,36-34-,38-35-,41-39-,44-42-,52-49-,63-60+. The van der Waals surface area contributed by atoms with Crippen LogP contribution in [0.1, 0.15) is 258 Å². The van der Waals surface area contributed by atoms with Crippen LogP contribution in [0.4, 0.5) is 0 Å². The Balaban J connectivity index is 5.30. The predicted molar refractivity (Wildman–Crippen MR) is 355 cm³/mol. The molecule has 0 aliphatic carbocycles. The number of amides is 1. The van der Waals surface area contributed by atoms with Crippen molar-refractivity contribution in [3.63, 3.8) is 0 Å². The highest BCUT2D eigenvalue weighted by atomic mass is 31.2. The van der Waals surface area contributed by atoms with Gasteiger partial charge in [0.25, 0.3) is 0 Å². The van der Waals surface area contributed by atoms with Gasteiger partial charge in [-0.05, 0) is 128 Å². The van der Waals surface area contributed by atoms with Crippen molar-refractivity contribution in [3.8, 4) is 0 Å². The van der Waals surface area contributed by atoms with Crippen molar-refractivity contribution in [3.05, 3.63) is 134 Å². The second kappa shape index (κ2) is 60.3. The first kappa shape index (κ1) is 78.1. The van der Waals surface area contributed by atoms with Crippen LogP contribution in [0.5, 0.6) is 0 Å². The zero-order chi connectivity index (χ0) is 60.0. The first-order valence-corrected chi connectivity index (χ1v) is 34.5. The number of likely N-dealkylation sites (N-methyl/N-ethyl adjacent to an activating group) is 1. The molecule has 0 heterocycles. The van der Waals surface area contributed by atoms with Gasteiger partial charge in [-0.1, -0.05) is 251 Å². The summed E-state index contributed by atoms with van der Waals surface area (Å²) in [6, 6.07) is -0.887. The molecule has 2 N–H and O–H groups in total. The zero-order valence-corrected chi connectivity index (χ0v) is 54.3. The average Bonchev–Trinajstić information content (AvgIpc) is 3.44. The van der Waals surface area contributed by atoms with Gasteiger partial charge in [0.05, 0.1) is 33.8 Å². The number of phosphoric ester groups is 1. The molecule has 0 spiro atoms. The molecule has 0 fully saturated rings. The smallest absolute Gasteiger partial charge is 0.456 e. The molecular formula is C72H124N2O7P+. The van der Waals surface area contributed by atoms with Gasteiger partial charge in [-0.25, -0.2) is 4.57 Å². The monoisotopic (exact) mass is 1160 g/mol. The second-order valence-electron chi connectivity index (χ2n) is 22.9. The van der Waals surface area contributed by atoms with Crippen molar-refractivity contribution in [1.82, 2.24) is 5.32 Å². The average molecular weight is 1160 g/mol. The number of carbonyl (C=O) groups is 2. The molecule has 0 rings (SSSR count). The number of esters is 1. The van der Waals surface area contributed by atoms with E-state index in [-0.39, 0.29) is 37.9 Å². The molecule has 0 bridgehead atoms. The molecule has 0 aromatic carbocycles. The van der Waals surface area contributed by atoms with Crippen LogP contribution in [-0.4, -0.2) is 74.3 Å². The Bertz CT molecular complexity index is 1860. The summed E-state index contributed by atoms with van der Waals surface area (Å²) in [4.78, 5) is 37.8. The molecule has 10 heteroatoms. The second-order valence-corrected chi connectivity index (χ2v) is 24.4. The van der Waals surface area contributed by atoms with Crippen molar-refractivity contribution >= 4 is 19.7 Å². The summed E-state index contributed by atoms with van der Waals surface area (Å²) in [5.74, 6) is -0.576. The molecule has 3 atom stereocenters. The Morgan fingerprint density at radius 1 is 0.439 bits per heavy atom. The van der Waals surface area contributed by atoms with Crippen LogP contribution in [0.15, 0.2) is 134 Å². The highest BCUT2D eigenvalue weighted by molar-refractivity contribution is 7.47. The summed E-state index contributed by atoms with van der Waals surface area (Å²) in [6.45, 7) is 6.82. The molecular weight excluding hydrogens is 1040 g/mol. The van der Waals surface area contributed by atoms with Gasteiger partial charge < -0.3 is 19.4 Å². The lowest BCUT2D eigenvalue weighted by Gasteiger charge is -2.27. The summed E-state index contributed by atoms with van der Waals surface area (Å²) in [5, 5.41) is 3.03. The Morgan fingerprint density at radius 3 is 1.21 bits per heavy atom. The first-order chi connectivity index (χ1) is 39.9. The number of rotatable bonds is 58. The van der Waals surface area contributed by atoms with E-state index < -0.39 is 20.0 Å². The minimum absolute atomic E-state index is 0.0222. The van der Waals surface area contributed by atoms with Gasteiger partial charge in [0.2, 0.25) is 5.91 Å². The van der Waals surface area contributed by atoms with Crippen molar-refractivity contribution in [2.75, 3.05) is 40.9 Å². The molecule has 82 heavy (non-hydrogen) atoms. The van der Waals surface area contributed by atoms with E-state index in [2.05, 4.69) is 148 Å². The molecule has 1 amide bonds. The highest BCUT2D eigenvalue weighted by Crippen LogP contribution is 2.43. The number of unbranched alkanes of at least 4 members (excludes halogenated alkanes) is 22. The lowest BCUT2D eigenvalue weighted by molar-refractivity contribution is -0.870. The van der Waals surface area contributed by atoms with Gasteiger partial charge in [-0.2, -0.15) is 0 Å². The molecule has 468 valence electrons. The quantitative estimate of drug-likeness (QED) is 0.0205. The molecule has 0 aromatic rings. The Kier molecular flexibility index (Phi) is 57.4. The van der Waals surface area contributed by atoms with Crippen molar-refractivity contribution < 1.29 is 37.3 Å². The maximum atomic E-state index is 13.6. The van der Waals surface area contributed by atoms with Crippen LogP contribution in [-0.2, 0) is 27.9 Å². The summed E-state index contributed by atoms with van der Waals surface area (Å²) in [7, 11) is 1.44. The molecule has 0 saturated heterocycles. The topological polar surface area (TPSA) is 111 Å². The fourth-order valence-corrected chi connectivity index (χ4v) is 9.49. The third kappa shape index (κ3) is 60.7. The normalized spacial score (nSPS) is 14.5. The highest BCUT2D eigenvalue weighted by Gasteiger charge is 2.30. The third-order valence-corrected chi connectivity index (χ3v) is 14.8. The summed E-state index contributed by atoms with van der Waals surface area (Å²) >= 11 is 0. The molecule has 0 saturated carbocycles. The van der Waals surface area contributed by atoms with Crippen LogP contribution >= 0.6 is 7.82 Å². The lowest BCUT2D eigenvalue weighted by Crippen LogP contribution is -2.47. The SMILES string of the molecule is CC/C=C\C/C=C\C/C=C\C/C=C\C/C=C\C/C=C\CCCCC(=O)NC(COP(=O)(O)OCC[N+](C)(C)C)C(/C=C/CCCCCCCCCCCC)OC(=O)CCCCCCCCC/C=C\C/C=C\C/C=C\C/C=C\CCCCC. The minimum atomic E-state index is -4.48. The number of allylic oxidation sites excluding steroid dienone is 21. The molecule has 0 aliphatic rings.